The molecule has 0 aliphatic heterocycles. The van der Waals surface area contributed by atoms with Crippen LogP contribution in [0.2, 0.25) is 0 Å². The van der Waals surface area contributed by atoms with Crippen molar-refractivity contribution in [3.05, 3.63) is 12.4 Å². The summed E-state index contributed by atoms with van der Waals surface area (Å²) >= 11 is 0. The summed E-state index contributed by atoms with van der Waals surface area (Å²) in [7, 11) is 0. The summed E-state index contributed by atoms with van der Waals surface area (Å²) in [6.07, 6.45) is 3.54. The van der Waals surface area contributed by atoms with Gasteiger partial charge in [0.15, 0.2) is 5.75 Å². The molecule has 1 aromatic rings. The fourth-order valence-corrected chi connectivity index (χ4v) is 0.883. The van der Waals surface area contributed by atoms with Crippen LogP contribution in [0.1, 0.15) is 13.8 Å². The Morgan fingerprint density at radius 2 is 2.46 bits per heavy atom. The summed E-state index contributed by atoms with van der Waals surface area (Å²) in [5, 5.41) is 12.8. The second kappa shape index (κ2) is 4.87. The van der Waals surface area contributed by atoms with E-state index in [9.17, 15) is 0 Å². The van der Waals surface area contributed by atoms with Crippen molar-refractivity contribution in [2.45, 2.75) is 20.4 Å². The minimum atomic E-state index is 0.155. The van der Waals surface area contributed by atoms with Crippen molar-refractivity contribution in [3.63, 3.8) is 0 Å². The summed E-state index contributed by atoms with van der Waals surface area (Å²) in [6, 6.07) is 0. The SMILES string of the molecule is CCn1cc(OCC(C)CO)cn1. The lowest BCUT2D eigenvalue weighted by atomic mass is 10.2. The molecule has 0 aromatic carbocycles. The Hall–Kier alpha value is -1.03. The summed E-state index contributed by atoms with van der Waals surface area (Å²) in [4.78, 5) is 0. The lowest BCUT2D eigenvalue weighted by Gasteiger charge is -2.07. The summed E-state index contributed by atoms with van der Waals surface area (Å²) in [5.41, 5.74) is 0. The van der Waals surface area contributed by atoms with E-state index in [4.69, 9.17) is 9.84 Å². The van der Waals surface area contributed by atoms with Crippen molar-refractivity contribution in [3.8, 4) is 5.75 Å². The number of aryl methyl sites for hydroxylation is 1. The van der Waals surface area contributed by atoms with Crippen molar-refractivity contribution >= 4 is 0 Å². The quantitative estimate of drug-likeness (QED) is 0.740. The highest BCUT2D eigenvalue weighted by Crippen LogP contribution is 2.09. The minimum absolute atomic E-state index is 0.155. The van der Waals surface area contributed by atoms with Crippen LogP contribution in [0.5, 0.6) is 5.75 Å². The van der Waals surface area contributed by atoms with Gasteiger partial charge >= 0.3 is 0 Å². The summed E-state index contributed by atoms with van der Waals surface area (Å²) < 4.78 is 7.20. The third-order valence-corrected chi connectivity index (χ3v) is 1.78. The molecule has 0 aliphatic rings. The van der Waals surface area contributed by atoms with Gasteiger partial charge in [0.1, 0.15) is 0 Å². The Labute approximate surface area is 78.1 Å². The normalized spacial score (nSPS) is 12.8. The number of hydrogen-bond acceptors (Lipinski definition) is 3. The molecular weight excluding hydrogens is 168 g/mol. The van der Waals surface area contributed by atoms with Crippen molar-refractivity contribution in [2.75, 3.05) is 13.2 Å². The molecule has 1 atom stereocenters. The third-order valence-electron chi connectivity index (χ3n) is 1.78. The van der Waals surface area contributed by atoms with Gasteiger partial charge in [-0.3, -0.25) is 4.68 Å². The first kappa shape index (κ1) is 10.1. The van der Waals surface area contributed by atoms with Crippen LogP contribution >= 0.6 is 0 Å². The zero-order valence-electron chi connectivity index (χ0n) is 8.10. The molecule has 4 heteroatoms. The monoisotopic (exact) mass is 184 g/mol. The van der Waals surface area contributed by atoms with Gasteiger partial charge in [0.2, 0.25) is 0 Å². The van der Waals surface area contributed by atoms with Crippen LogP contribution in [0.15, 0.2) is 12.4 Å². The van der Waals surface area contributed by atoms with Crippen molar-refractivity contribution in [1.29, 1.82) is 0 Å². The highest BCUT2D eigenvalue weighted by atomic mass is 16.5. The molecule has 0 amide bonds. The number of aliphatic hydroxyl groups is 1. The van der Waals surface area contributed by atoms with Gasteiger partial charge in [0, 0.05) is 19.1 Å². The van der Waals surface area contributed by atoms with Crippen LogP contribution < -0.4 is 4.74 Å². The van der Waals surface area contributed by atoms with Gasteiger partial charge in [0.25, 0.3) is 0 Å². The molecule has 0 saturated heterocycles. The van der Waals surface area contributed by atoms with E-state index < -0.39 is 0 Å². The lowest BCUT2D eigenvalue weighted by molar-refractivity contribution is 0.174. The van der Waals surface area contributed by atoms with Crippen LogP contribution in [0.25, 0.3) is 0 Å². The standard InChI is InChI=1S/C9H16N2O2/c1-3-11-5-9(4-10-11)13-7-8(2)6-12/h4-5,8,12H,3,6-7H2,1-2H3. The van der Waals surface area contributed by atoms with Crippen LogP contribution in [0, 0.1) is 5.92 Å². The maximum Gasteiger partial charge on any atom is 0.157 e. The molecular formula is C9H16N2O2. The highest BCUT2D eigenvalue weighted by molar-refractivity contribution is 5.11. The maximum absolute atomic E-state index is 8.76. The first-order valence-electron chi connectivity index (χ1n) is 4.52. The molecule has 1 N–H and O–H groups in total. The Kier molecular flexibility index (Phi) is 3.76. The van der Waals surface area contributed by atoms with Gasteiger partial charge in [-0.2, -0.15) is 5.10 Å². The molecule has 1 unspecified atom stereocenters. The van der Waals surface area contributed by atoms with Gasteiger partial charge in [-0.1, -0.05) is 6.92 Å². The predicted molar refractivity (Wildman–Crippen MR) is 49.6 cm³/mol. The molecule has 1 rings (SSSR count). The van der Waals surface area contributed by atoms with E-state index >= 15 is 0 Å². The average molecular weight is 184 g/mol. The molecule has 0 radical (unpaired) electrons. The maximum atomic E-state index is 8.76. The molecule has 0 bridgehead atoms. The zero-order valence-corrected chi connectivity index (χ0v) is 8.10. The smallest absolute Gasteiger partial charge is 0.157 e. The van der Waals surface area contributed by atoms with Crippen LogP contribution in [0.3, 0.4) is 0 Å². The number of nitrogens with zero attached hydrogens (tertiary/aromatic N) is 2. The van der Waals surface area contributed by atoms with E-state index in [2.05, 4.69) is 5.10 Å². The Bertz CT molecular complexity index is 248. The van der Waals surface area contributed by atoms with Crippen LogP contribution in [-0.4, -0.2) is 28.1 Å². The molecule has 1 heterocycles. The molecule has 0 saturated carbocycles. The summed E-state index contributed by atoms with van der Waals surface area (Å²) in [5.74, 6) is 0.937. The predicted octanol–water partition coefficient (Wildman–Crippen LogP) is 0.910. The van der Waals surface area contributed by atoms with E-state index in [-0.39, 0.29) is 12.5 Å². The largest absolute Gasteiger partial charge is 0.490 e. The molecule has 0 spiro atoms. The van der Waals surface area contributed by atoms with Gasteiger partial charge in [-0.05, 0) is 6.92 Å². The molecule has 13 heavy (non-hydrogen) atoms. The first-order valence-corrected chi connectivity index (χ1v) is 4.52. The first-order chi connectivity index (χ1) is 6.26. The second-order valence-electron chi connectivity index (χ2n) is 3.13. The molecule has 0 aliphatic carbocycles. The molecule has 4 nitrogen and oxygen atoms in total. The Morgan fingerprint density at radius 3 is 3.00 bits per heavy atom. The number of rotatable bonds is 5. The van der Waals surface area contributed by atoms with Gasteiger partial charge in [-0.25, -0.2) is 0 Å². The number of aromatic nitrogens is 2. The second-order valence-corrected chi connectivity index (χ2v) is 3.13. The van der Waals surface area contributed by atoms with E-state index in [1.165, 1.54) is 0 Å². The van der Waals surface area contributed by atoms with Crippen molar-refractivity contribution in [2.24, 2.45) is 5.92 Å². The number of aliphatic hydroxyl groups excluding tert-OH is 1. The van der Waals surface area contributed by atoms with Crippen molar-refractivity contribution < 1.29 is 9.84 Å². The molecule has 0 fully saturated rings. The lowest BCUT2D eigenvalue weighted by Crippen LogP contribution is -2.11. The van der Waals surface area contributed by atoms with E-state index in [0.717, 1.165) is 12.3 Å². The van der Waals surface area contributed by atoms with E-state index in [1.54, 1.807) is 10.9 Å². The van der Waals surface area contributed by atoms with Gasteiger partial charge in [-0.15, -0.1) is 0 Å². The third kappa shape index (κ3) is 3.06. The van der Waals surface area contributed by atoms with Crippen LogP contribution in [-0.2, 0) is 6.54 Å². The molecule has 1 aromatic heterocycles. The van der Waals surface area contributed by atoms with Crippen molar-refractivity contribution in [1.82, 2.24) is 9.78 Å². The number of hydrogen-bond donors (Lipinski definition) is 1. The van der Waals surface area contributed by atoms with E-state index in [1.807, 2.05) is 20.0 Å². The van der Waals surface area contributed by atoms with E-state index in [0.29, 0.717) is 6.61 Å². The Balaban J connectivity index is 2.36. The van der Waals surface area contributed by atoms with Gasteiger partial charge in [0.05, 0.1) is 19.0 Å². The van der Waals surface area contributed by atoms with Gasteiger partial charge < -0.3 is 9.84 Å². The highest BCUT2D eigenvalue weighted by Gasteiger charge is 2.02. The Morgan fingerprint density at radius 1 is 1.69 bits per heavy atom. The number of ether oxygens (including phenoxy) is 1. The zero-order chi connectivity index (χ0) is 9.68. The minimum Gasteiger partial charge on any atom is -0.490 e. The fraction of sp³-hybridized carbons (Fsp3) is 0.667. The topological polar surface area (TPSA) is 47.3 Å². The fourth-order valence-electron chi connectivity index (χ4n) is 0.883. The summed E-state index contributed by atoms with van der Waals surface area (Å²) in [6.45, 7) is 5.49. The average Bonchev–Trinajstić information content (AvgIpc) is 2.61. The van der Waals surface area contributed by atoms with Crippen LogP contribution in [0.4, 0.5) is 0 Å². The molecule has 74 valence electrons.